The van der Waals surface area contributed by atoms with Crippen LogP contribution in [0.5, 0.6) is 0 Å². The lowest BCUT2D eigenvalue weighted by Gasteiger charge is -2.25. The zero-order chi connectivity index (χ0) is 23.8. The van der Waals surface area contributed by atoms with Crippen LogP contribution in [0.1, 0.15) is 53.2 Å². The molecule has 0 spiro atoms. The number of hydrogen-bond acceptors (Lipinski definition) is 3. The van der Waals surface area contributed by atoms with Gasteiger partial charge in [-0.25, -0.2) is 4.39 Å². The Morgan fingerprint density at radius 3 is 2.45 bits per heavy atom. The van der Waals surface area contributed by atoms with Gasteiger partial charge in [-0.15, -0.1) is 11.8 Å². The Balaban J connectivity index is 1.55. The van der Waals surface area contributed by atoms with Crippen molar-refractivity contribution in [2.24, 2.45) is 0 Å². The van der Waals surface area contributed by atoms with Gasteiger partial charge < -0.3 is 5.32 Å². The van der Waals surface area contributed by atoms with E-state index in [2.05, 4.69) is 26.1 Å². The molecule has 6 heteroatoms. The minimum absolute atomic E-state index is 0.0198. The lowest BCUT2D eigenvalue weighted by molar-refractivity contribution is -0.115. The van der Waals surface area contributed by atoms with Gasteiger partial charge in [-0.2, -0.15) is 0 Å². The molecule has 0 bridgehead atoms. The molecule has 1 atom stereocenters. The summed E-state index contributed by atoms with van der Waals surface area (Å²) in [6.07, 6.45) is 0. The van der Waals surface area contributed by atoms with Crippen LogP contribution in [0.2, 0.25) is 0 Å². The second kappa shape index (κ2) is 9.02. The summed E-state index contributed by atoms with van der Waals surface area (Å²) in [6, 6.07) is 19.9. The van der Waals surface area contributed by atoms with E-state index in [1.165, 1.54) is 17.8 Å². The van der Waals surface area contributed by atoms with Crippen molar-refractivity contribution in [1.29, 1.82) is 0 Å². The number of nitrogens with zero attached hydrogens (tertiary/aromatic N) is 1. The third-order valence-electron chi connectivity index (χ3n) is 5.74. The molecule has 170 valence electrons. The molecule has 3 aromatic carbocycles. The lowest BCUT2D eigenvalue weighted by atomic mass is 9.87. The van der Waals surface area contributed by atoms with E-state index in [0.717, 1.165) is 11.1 Å². The summed E-state index contributed by atoms with van der Waals surface area (Å²) < 4.78 is 14.2. The van der Waals surface area contributed by atoms with Gasteiger partial charge in [0.25, 0.3) is 5.91 Å². The SMILES string of the molecule is Cc1ccc(N2C(=O)CS[C@@H]2c2cccc(NC(=O)c3ccc(C(C)(C)C)cc3)c2)cc1F. The van der Waals surface area contributed by atoms with Crippen molar-refractivity contribution >= 4 is 35.0 Å². The van der Waals surface area contributed by atoms with Crippen molar-refractivity contribution < 1.29 is 14.0 Å². The van der Waals surface area contributed by atoms with Crippen molar-refractivity contribution in [2.45, 2.75) is 38.5 Å². The van der Waals surface area contributed by atoms with Gasteiger partial charge in [0.05, 0.1) is 5.75 Å². The molecule has 1 aliphatic rings. The number of nitrogens with one attached hydrogen (secondary N) is 1. The third-order valence-corrected chi connectivity index (χ3v) is 6.96. The van der Waals surface area contributed by atoms with E-state index < -0.39 is 0 Å². The number of aryl methyl sites for hydroxylation is 1. The van der Waals surface area contributed by atoms with Gasteiger partial charge in [0, 0.05) is 16.9 Å². The van der Waals surface area contributed by atoms with E-state index >= 15 is 0 Å². The highest BCUT2D eigenvalue weighted by atomic mass is 32.2. The quantitative estimate of drug-likeness (QED) is 0.484. The summed E-state index contributed by atoms with van der Waals surface area (Å²) >= 11 is 1.49. The molecule has 1 fully saturated rings. The first-order valence-corrected chi connectivity index (χ1v) is 11.9. The number of amides is 2. The number of hydrogen-bond donors (Lipinski definition) is 1. The first-order valence-electron chi connectivity index (χ1n) is 10.9. The molecule has 2 amide bonds. The van der Waals surface area contributed by atoms with Crippen LogP contribution in [-0.4, -0.2) is 17.6 Å². The summed E-state index contributed by atoms with van der Waals surface area (Å²) in [7, 11) is 0. The molecule has 0 radical (unpaired) electrons. The Hall–Kier alpha value is -3.12. The van der Waals surface area contributed by atoms with Gasteiger partial charge in [0.2, 0.25) is 5.91 Å². The number of rotatable bonds is 4. The Kier molecular flexibility index (Phi) is 6.30. The van der Waals surface area contributed by atoms with Crippen LogP contribution in [-0.2, 0) is 10.2 Å². The number of carbonyl (C=O) groups excluding carboxylic acids is 2. The highest BCUT2D eigenvalue weighted by Gasteiger charge is 2.34. The van der Waals surface area contributed by atoms with Crippen LogP contribution >= 0.6 is 11.8 Å². The zero-order valence-corrected chi connectivity index (χ0v) is 20.0. The van der Waals surface area contributed by atoms with Crippen LogP contribution < -0.4 is 10.2 Å². The third kappa shape index (κ3) is 4.96. The molecular formula is C27H27FN2O2S. The monoisotopic (exact) mass is 462 g/mol. The lowest BCUT2D eigenvalue weighted by Crippen LogP contribution is -2.28. The number of benzene rings is 3. The highest BCUT2D eigenvalue weighted by Crippen LogP contribution is 2.42. The van der Waals surface area contributed by atoms with Crippen molar-refractivity contribution in [3.63, 3.8) is 0 Å². The molecule has 1 heterocycles. The van der Waals surface area contributed by atoms with E-state index in [4.69, 9.17) is 0 Å². The molecule has 0 aliphatic carbocycles. The Morgan fingerprint density at radius 2 is 1.79 bits per heavy atom. The van der Waals surface area contributed by atoms with Gasteiger partial charge in [0.1, 0.15) is 11.2 Å². The van der Waals surface area contributed by atoms with Crippen molar-refractivity contribution in [3.8, 4) is 0 Å². The maximum Gasteiger partial charge on any atom is 0.255 e. The average Bonchev–Trinajstić information content (AvgIpc) is 3.17. The van der Waals surface area contributed by atoms with E-state index in [1.54, 1.807) is 24.0 Å². The van der Waals surface area contributed by atoms with Gasteiger partial charge in [-0.1, -0.05) is 51.1 Å². The molecule has 4 rings (SSSR count). The number of carbonyl (C=O) groups is 2. The van der Waals surface area contributed by atoms with E-state index in [0.29, 0.717) is 28.3 Å². The van der Waals surface area contributed by atoms with E-state index in [-0.39, 0.29) is 28.4 Å². The predicted octanol–water partition coefficient (Wildman–Crippen LogP) is 6.46. The van der Waals surface area contributed by atoms with Crippen molar-refractivity contribution in [2.75, 3.05) is 16.0 Å². The second-order valence-electron chi connectivity index (χ2n) is 9.27. The van der Waals surface area contributed by atoms with E-state index in [1.807, 2.05) is 48.5 Å². The molecular weight excluding hydrogens is 435 g/mol. The first-order chi connectivity index (χ1) is 15.6. The summed E-state index contributed by atoms with van der Waals surface area (Å²) in [5, 5.41) is 2.66. The standard InChI is InChI=1S/C27H27FN2O2S/c1-17-8-13-22(15-23(17)28)30-24(31)16-33-26(30)19-6-5-7-21(14-19)29-25(32)18-9-11-20(12-10-18)27(2,3)4/h5-15,26H,16H2,1-4H3,(H,29,32)/t26-/m1/s1. The number of thioether (sulfide) groups is 1. The fourth-order valence-electron chi connectivity index (χ4n) is 3.78. The molecule has 0 saturated carbocycles. The zero-order valence-electron chi connectivity index (χ0n) is 19.2. The van der Waals surface area contributed by atoms with Gasteiger partial charge in [-0.3, -0.25) is 14.5 Å². The van der Waals surface area contributed by atoms with Gasteiger partial charge in [-0.05, 0) is 65.4 Å². The molecule has 0 aromatic heterocycles. The summed E-state index contributed by atoms with van der Waals surface area (Å²) in [4.78, 5) is 27.0. The Bertz CT molecular complexity index is 1200. The molecule has 33 heavy (non-hydrogen) atoms. The van der Waals surface area contributed by atoms with Gasteiger partial charge >= 0.3 is 0 Å². The average molecular weight is 463 g/mol. The fraction of sp³-hybridized carbons (Fsp3) is 0.259. The maximum atomic E-state index is 14.2. The van der Waals surface area contributed by atoms with Crippen LogP contribution in [0.4, 0.5) is 15.8 Å². The van der Waals surface area contributed by atoms with Crippen LogP contribution in [0, 0.1) is 12.7 Å². The van der Waals surface area contributed by atoms with E-state index in [9.17, 15) is 14.0 Å². The van der Waals surface area contributed by atoms with Crippen LogP contribution in [0.15, 0.2) is 66.7 Å². The Morgan fingerprint density at radius 1 is 1.06 bits per heavy atom. The largest absolute Gasteiger partial charge is 0.322 e. The molecule has 0 unspecified atom stereocenters. The number of halogens is 1. The normalized spacial score (nSPS) is 16.2. The van der Waals surface area contributed by atoms with Gasteiger partial charge in [0.15, 0.2) is 0 Å². The summed E-state index contributed by atoms with van der Waals surface area (Å²) in [5.74, 6) is -0.284. The van der Waals surface area contributed by atoms with Crippen LogP contribution in [0.25, 0.3) is 0 Å². The van der Waals surface area contributed by atoms with Crippen molar-refractivity contribution in [3.05, 3.63) is 94.8 Å². The summed E-state index contributed by atoms with van der Waals surface area (Å²) in [6.45, 7) is 8.09. The molecule has 3 aromatic rings. The maximum absolute atomic E-state index is 14.2. The molecule has 1 aliphatic heterocycles. The summed E-state index contributed by atoms with van der Waals surface area (Å²) in [5.41, 5.74) is 4.35. The number of anilines is 2. The van der Waals surface area contributed by atoms with Crippen molar-refractivity contribution in [1.82, 2.24) is 0 Å². The minimum atomic E-state index is -0.338. The second-order valence-corrected chi connectivity index (χ2v) is 10.3. The minimum Gasteiger partial charge on any atom is -0.322 e. The predicted molar refractivity (Wildman–Crippen MR) is 133 cm³/mol. The highest BCUT2D eigenvalue weighted by molar-refractivity contribution is 8.00. The smallest absolute Gasteiger partial charge is 0.255 e. The topological polar surface area (TPSA) is 49.4 Å². The van der Waals surface area contributed by atoms with Crippen LogP contribution in [0.3, 0.4) is 0 Å². The fourth-order valence-corrected chi connectivity index (χ4v) is 4.94. The first kappa shape index (κ1) is 23.1. The molecule has 1 N–H and O–H groups in total. The molecule has 4 nitrogen and oxygen atoms in total. The Labute approximate surface area is 198 Å². The molecule has 1 saturated heterocycles.